The number of alkyl halides is 9. The van der Waals surface area contributed by atoms with Crippen LogP contribution in [0.2, 0.25) is 0 Å². The standard InChI is InChI=1S/C23H24.C22H34.C21H30F6.2C16H18.C15H21F3.C15H24/c1-17-13-15-19(16-14-17)21-12-8-11-20(22(21)23(2,3)4)18-9-6-5-7-10-18;1-22(2,3)21-19(17-11-6-4-7-12-17)15-10-16-20(21)18-13-8-5-9-14-18;1-13(19(7,8)21(25,26)27)15-11-9-10-14(16(15)17(2,3)4)12-18(5,6)20(22,23)24;2*1-16(2,3)15-12-8-7-11-14(15)13-9-5-4-6-10-13;1-13(2,3)12-9-7-6-8-11(12)10-14(4,5)15(16,17)18;1-14(2,3)11-12-9-7-8-10-13(12)15(4,5)6/h5-16H,1-4H3;10,15-18H,4-9,11-14H2,1-3H3;9-11,13H,12H2,1-8H3;2*4-12H,1-3H3;6-9H,10H2,1-5H3;7-10H,11H2,1-6H3/i5D,6D,7D,9D,10D,13D,14D,15D,16D;;12D2,13D;4D,5D,6D,9D,10D;;10D2;11D2. The molecule has 9 heteroatoms. The summed E-state index contributed by atoms with van der Waals surface area (Å²) in [6.07, 6.45) is -6.80. The maximum absolute atomic E-state index is 13.8. The lowest BCUT2D eigenvalue weighted by atomic mass is 9.68. The molecule has 0 saturated heterocycles. The smallest absolute Gasteiger partial charge is 0.171 e. The Morgan fingerprint density at radius 2 is 0.591 bits per heavy atom. The monoisotopic (exact) mass is 1900 g/mol. The normalized spacial score (nSPS) is 17.2. The number of hydrogen-bond acceptors (Lipinski definition) is 0. The molecule has 2 aliphatic rings. The highest BCUT2D eigenvalue weighted by atomic mass is 19.4. The van der Waals surface area contributed by atoms with E-state index in [1.165, 1.54) is 112 Å². The van der Waals surface area contributed by atoms with Gasteiger partial charge < -0.3 is 0 Å². The highest BCUT2D eigenvalue weighted by Gasteiger charge is 2.53. The van der Waals surface area contributed by atoms with E-state index in [0.717, 1.165) is 77.0 Å². The highest BCUT2D eigenvalue weighted by Crippen LogP contribution is 2.53. The van der Waals surface area contributed by atoms with Crippen molar-refractivity contribution >= 4 is 0 Å². The van der Waals surface area contributed by atoms with Crippen molar-refractivity contribution in [3.63, 3.8) is 0 Å². The minimum absolute atomic E-state index is 0.0119. The summed E-state index contributed by atoms with van der Waals surface area (Å²) in [7, 11) is 0. The Kier molecular flexibility index (Phi) is 29.4. The van der Waals surface area contributed by atoms with Crippen molar-refractivity contribution in [2.75, 3.05) is 0 Å². The zero-order valence-corrected chi connectivity index (χ0v) is 87.9. The molecule has 0 aromatic heterocycles. The average molecular weight is 1900 g/mol. The van der Waals surface area contributed by atoms with Gasteiger partial charge in [-0.05, 0) is 230 Å². The summed E-state index contributed by atoms with van der Waals surface area (Å²) in [6.45, 7) is 56.1. The first-order valence-electron chi connectivity index (χ1n) is 58.9. The second-order valence-electron chi connectivity index (χ2n) is 46.4. The third kappa shape index (κ3) is 33.0. The lowest BCUT2D eigenvalue weighted by Crippen LogP contribution is -2.38. The summed E-state index contributed by atoms with van der Waals surface area (Å²) in [5, 5.41) is 0. The van der Waals surface area contributed by atoms with E-state index in [4.69, 9.17) is 28.8 Å². The Morgan fingerprint density at radius 1 is 0.285 bits per heavy atom. The van der Waals surface area contributed by atoms with E-state index in [1.54, 1.807) is 73.9 Å². The number of benzene rings is 11. The van der Waals surface area contributed by atoms with Gasteiger partial charge in [0.15, 0.2) is 0 Å². The molecule has 13 rings (SSSR count). The van der Waals surface area contributed by atoms with Gasteiger partial charge in [0, 0.05) is 9.60 Å². The zero-order chi connectivity index (χ0) is 121. The van der Waals surface area contributed by atoms with Crippen molar-refractivity contribution in [3.05, 3.63) is 344 Å². The first kappa shape index (κ1) is 85.7. The predicted octanol–water partition coefficient (Wildman–Crippen LogP) is 40.5. The van der Waals surface area contributed by atoms with Gasteiger partial charge in [0.05, 0.1) is 35.4 Å². The molecule has 2 fully saturated rings. The molecule has 0 amide bonds. The largest absolute Gasteiger partial charge is 0.394 e. The molecule has 0 heterocycles. The van der Waals surface area contributed by atoms with Gasteiger partial charge in [-0.15, -0.1) is 0 Å². The van der Waals surface area contributed by atoms with Crippen LogP contribution >= 0.6 is 0 Å². The molecule has 11 aromatic rings. The van der Waals surface area contributed by atoms with E-state index in [1.807, 2.05) is 132 Å². The maximum atomic E-state index is 13.8. The lowest BCUT2D eigenvalue weighted by Gasteiger charge is -2.39. The van der Waals surface area contributed by atoms with Gasteiger partial charge in [-0.25, -0.2) is 0 Å². The summed E-state index contributed by atoms with van der Waals surface area (Å²) >= 11 is 0. The van der Waals surface area contributed by atoms with Gasteiger partial charge >= 0.3 is 18.5 Å². The fraction of sp³-hybridized carbons (Fsp3) is 0.484. The maximum Gasteiger partial charge on any atom is 0.394 e. The molecule has 0 N–H and O–H groups in total. The minimum atomic E-state index is -4.91. The van der Waals surface area contributed by atoms with Gasteiger partial charge in [-0.3, -0.25) is 0 Å². The molecule has 0 spiro atoms. The van der Waals surface area contributed by atoms with Gasteiger partial charge in [-0.2, -0.15) is 39.5 Å². The molecule has 11 aromatic carbocycles. The molecule has 2 aliphatic carbocycles. The predicted molar refractivity (Wildman–Crippen MR) is 573 cm³/mol. The van der Waals surface area contributed by atoms with Crippen LogP contribution in [0.25, 0.3) is 44.5 Å². The highest BCUT2D eigenvalue weighted by molar-refractivity contribution is 5.80. The minimum Gasteiger partial charge on any atom is -0.171 e. The van der Waals surface area contributed by atoms with Crippen LogP contribution < -0.4 is 0 Å². The second-order valence-corrected chi connectivity index (χ2v) is 46.4. The molecule has 0 bridgehead atoms. The molecule has 0 radical (unpaired) electrons. The average Bonchev–Trinajstić information content (AvgIpc) is 0.711. The molecule has 0 aliphatic heterocycles. The van der Waals surface area contributed by atoms with E-state index in [0.29, 0.717) is 27.8 Å². The van der Waals surface area contributed by atoms with Crippen LogP contribution in [0.5, 0.6) is 0 Å². The zero-order valence-electron chi connectivity index (χ0n) is 109. The summed E-state index contributed by atoms with van der Waals surface area (Å²) in [5.41, 5.74) is 5.02. The van der Waals surface area contributed by atoms with Crippen molar-refractivity contribution < 1.29 is 68.3 Å². The van der Waals surface area contributed by atoms with Crippen LogP contribution in [0.4, 0.5) is 39.5 Å². The van der Waals surface area contributed by atoms with E-state index < -0.39 is 99.6 Å². The second kappa shape index (κ2) is 46.9. The summed E-state index contributed by atoms with van der Waals surface area (Å²) in [6, 6.07) is 53.1. The molecule has 2 saturated carbocycles. The molecular formula is C128H169F9. The molecule has 1 atom stereocenters. The van der Waals surface area contributed by atoms with E-state index in [9.17, 15) is 39.5 Å². The first-order valence-corrected chi connectivity index (χ1v) is 48.4. The van der Waals surface area contributed by atoms with Crippen LogP contribution in [0.3, 0.4) is 0 Å². The van der Waals surface area contributed by atoms with Gasteiger partial charge in [0.2, 0.25) is 0 Å². The summed E-state index contributed by atoms with van der Waals surface area (Å²) < 4.78 is 294. The van der Waals surface area contributed by atoms with Crippen LogP contribution in [0.15, 0.2) is 267 Å². The van der Waals surface area contributed by atoms with Crippen LogP contribution in [-0.4, -0.2) is 18.5 Å². The van der Waals surface area contributed by atoms with Crippen molar-refractivity contribution in [2.45, 2.75) is 379 Å². The summed E-state index contributed by atoms with van der Waals surface area (Å²) in [4.78, 5) is 0. The Hall–Kier alpha value is -9.21. The lowest BCUT2D eigenvalue weighted by molar-refractivity contribution is -0.218. The number of rotatable bonds is 13. The molecule has 744 valence electrons. The third-order valence-electron chi connectivity index (χ3n) is 25.1. The molecule has 1 unspecified atom stereocenters. The first-order chi connectivity index (χ1) is 71.6. The van der Waals surface area contributed by atoms with Crippen molar-refractivity contribution in [1.29, 1.82) is 0 Å². The van der Waals surface area contributed by atoms with E-state index in [-0.39, 0.29) is 133 Å². The van der Waals surface area contributed by atoms with Crippen molar-refractivity contribution in [1.82, 2.24) is 0 Å². The Labute approximate surface area is 854 Å². The Bertz CT molecular complexity index is 6530. The molecule has 0 nitrogen and oxygen atoms in total. The van der Waals surface area contributed by atoms with Gasteiger partial charge in [0.1, 0.15) is 0 Å². The van der Waals surface area contributed by atoms with Crippen LogP contribution in [-0.2, 0) is 57.0 Å². The van der Waals surface area contributed by atoms with Gasteiger partial charge in [0.25, 0.3) is 0 Å². The van der Waals surface area contributed by atoms with Crippen LogP contribution in [0.1, 0.15) is 403 Å². The van der Waals surface area contributed by atoms with Crippen molar-refractivity contribution in [2.24, 2.45) is 21.7 Å². The number of hydrogen-bond donors (Lipinski definition) is 0. The van der Waals surface area contributed by atoms with E-state index in [2.05, 4.69) is 135 Å². The SMILES string of the molecule is CC(C)(C)c1c(C2CCCCC2)cccc1C1CCCCC1.CC(C)(C)c1ccccc1-c1ccccc1.[2H]C([2H])(c1cccc(C([2H])(C)C(C)(C)C(F)(F)F)c1C(C)(C)C)C(C)(C)C(F)(F)F.[2H]C([2H])(c1ccccc1C(C)(C)C)C(C)(C)C.[2H]C([2H])(c1ccccc1C(C)(C)C)C(C)(C)C(F)(F)F.[2H]c1c([2H])c([2H])c(-c2cccc(-c3c([2H])c([2H])c(C)c([2H])c3[2H])c2C(C)(C)C)c([2H])c1[2H].[2H]c1c([2H])c([2H])c(-c2ccccc2C(C)(C)C)c([2H])c1[2H]. The third-order valence-corrected chi connectivity index (χ3v) is 25.1. The topological polar surface area (TPSA) is 0 Å². The molecular weight excluding hydrogens is 1710 g/mol. The Morgan fingerprint density at radius 3 is 0.956 bits per heavy atom. The van der Waals surface area contributed by atoms with Gasteiger partial charge in [-0.1, -0.05) is 525 Å². The van der Waals surface area contributed by atoms with E-state index >= 15 is 0 Å². The number of halogens is 9. The van der Waals surface area contributed by atoms with Crippen molar-refractivity contribution in [3.8, 4) is 44.5 Å². The fourth-order valence-electron chi connectivity index (χ4n) is 17.4. The fourth-order valence-corrected chi connectivity index (χ4v) is 17.4. The summed E-state index contributed by atoms with van der Waals surface area (Å²) in [5.74, 6) is -0.638. The molecule has 137 heavy (non-hydrogen) atoms. The quantitative estimate of drug-likeness (QED) is 0.101. The van der Waals surface area contributed by atoms with Crippen LogP contribution in [0, 0.1) is 28.6 Å². The Balaban J connectivity index is 0.000000251.